The van der Waals surface area contributed by atoms with Gasteiger partial charge in [-0.1, -0.05) is 0 Å². The van der Waals surface area contributed by atoms with Gasteiger partial charge in [0.1, 0.15) is 5.60 Å². The summed E-state index contributed by atoms with van der Waals surface area (Å²) in [5.74, 6) is -4.56. The predicted octanol–water partition coefficient (Wildman–Crippen LogP) is 2.92. The van der Waals surface area contributed by atoms with Gasteiger partial charge in [-0.05, 0) is 27.2 Å². The van der Waals surface area contributed by atoms with Crippen molar-refractivity contribution in [3.8, 4) is 0 Å². The zero-order chi connectivity index (χ0) is 18.0. The van der Waals surface area contributed by atoms with Gasteiger partial charge in [-0.25, -0.2) is 27.9 Å². The lowest BCUT2D eigenvalue weighted by Crippen LogP contribution is -2.53. The Hall–Kier alpha value is -2.06. The van der Waals surface area contributed by atoms with Crippen LogP contribution in [0.1, 0.15) is 27.2 Å². The molecule has 1 aromatic rings. The van der Waals surface area contributed by atoms with Crippen molar-refractivity contribution in [1.82, 2.24) is 14.9 Å². The minimum Gasteiger partial charge on any atom is -0.444 e. The third-order valence-corrected chi connectivity index (χ3v) is 3.53. The van der Waals surface area contributed by atoms with Crippen LogP contribution in [0.5, 0.6) is 0 Å². The highest BCUT2D eigenvalue weighted by Gasteiger charge is 2.46. The van der Waals surface area contributed by atoms with Gasteiger partial charge in [0.25, 0.3) is 5.92 Å². The summed E-state index contributed by atoms with van der Waals surface area (Å²) in [6.07, 6.45) is 1.29. The number of anilines is 1. The fourth-order valence-electron chi connectivity index (χ4n) is 2.34. The molecule has 0 saturated carbocycles. The van der Waals surface area contributed by atoms with Crippen LogP contribution in [0.25, 0.3) is 0 Å². The smallest absolute Gasteiger partial charge is 0.410 e. The van der Waals surface area contributed by atoms with E-state index < -0.39 is 35.9 Å². The van der Waals surface area contributed by atoms with Gasteiger partial charge in [-0.15, -0.1) is 0 Å². The molecule has 1 aromatic heterocycles. The normalized spacial score (nSPS) is 20.6. The fraction of sp³-hybridized carbons (Fsp3) is 0.667. The summed E-state index contributed by atoms with van der Waals surface area (Å²) in [6, 6.07) is 0. The number of nitrogens with zero attached hydrogens (tertiary/aromatic N) is 3. The largest absolute Gasteiger partial charge is 0.444 e. The molecule has 0 radical (unpaired) electrons. The monoisotopic (exact) mass is 346 g/mol. The lowest BCUT2D eigenvalue weighted by Gasteiger charge is -2.38. The van der Waals surface area contributed by atoms with Gasteiger partial charge >= 0.3 is 6.09 Å². The molecule has 134 valence electrons. The Kier molecular flexibility index (Phi) is 5.19. The molecule has 2 rings (SSSR count). The number of hydrogen-bond acceptors (Lipinski definition) is 5. The van der Waals surface area contributed by atoms with Crippen molar-refractivity contribution >= 4 is 12.0 Å². The molecule has 0 bridgehead atoms. The standard InChI is InChI=1S/C15H21F3N4O2/c1-14(2,3)24-13(23)22-5-4-10(15(17,18)9-22)6-19-12-20-7-11(16)8-21-12/h7-8,10H,4-6,9H2,1-3H3,(H,19,20,21). The molecule has 1 fully saturated rings. The van der Waals surface area contributed by atoms with E-state index in [0.29, 0.717) is 0 Å². The number of hydrogen-bond donors (Lipinski definition) is 1. The SMILES string of the molecule is CC(C)(C)OC(=O)N1CCC(CNc2ncc(F)cn2)C(F)(F)C1. The zero-order valence-corrected chi connectivity index (χ0v) is 13.9. The van der Waals surface area contributed by atoms with Crippen LogP contribution in [-0.2, 0) is 4.74 Å². The van der Waals surface area contributed by atoms with Crippen molar-refractivity contribution in [2.45, 2.75) is 38.7 Å². The van der Waals surface area contributed by atoms with Crippen LogP contribution in [0.4, 0.5) is 23.9 Å². The molecule has 0 aromatic carbocycles. The van der Waals surface area contributed by atoms with E-state index in [9.17, 15) is 18.0 Å². The number of halogens is 3. The van der Waals surface area contributed by atoms with Crippen LogP contribution < -0.4 is 5.32 Å². The molecular formula is C15H21F3N4O2. The molecule has 1 aliphatic rings. The van der Waals surface area contributed by atoms with E-state index in [1.54, 1.807) is 20.8 Å². The van der Waals surface area contributed by atoms with E-state index in [0.717, 1.165) is 17.3 Å². The Bertz CT molecular complexity index is 575. The number of rotatable bonds is 3. The molecular weight excluding hydrogens is 325 g/mol. The Balaban J connectivity index is 1.91. The first-order chi connectivity index (χ1) is 11.1. The quantitative estimate of drug-likeness (QED) is 0.911. The van der Waals surface area contributed by atoms with Crippen molar-refractivity contribution in [3.05, 3.63) is 18.2 Å². The molecule has 1 saturated heterocycles. The highest BCUT2D eigenvalue weighted by atomic mass is 19.3. The van der Waals surface area contributed by atoms with Crippen molar-refractivity contribution < 1.29 is 22.7 Å². The van der Waals surface area contributed by atoms with Gasteiger partial charge in [0.15, 0.2) is 5.82 Å². The first-order valence-electron chi connectivity index (χ1n) is 7.64. The maximum Gasteiger partial charge on any atom is 0.410 e. The van der Waals surface area contributed by atoms with E-state index in [-0.39, 0.29) is 25.5 Å². The van der Waals surface area contributed by atoms with Crippen molar-refractivity contribution in [3.63, 3.8) is 0 Å². The van der Waals surface area contributed by atoms with Crippen molar-refractivity contribution in [2.75, 3.05) is 25.0 Å². The molecule has 0 aliphatic carbocycles. The summed E-state index contributed by atoms with van der Waals surface area (Å²) < 4.78 is 46.4. The highest BCUT2D eigenvalue weighted by molar-refractivity contribution is 5.68. The third-order valence-electron chi connectivity index (χ3n) is 3.53. The first kappa shape index (κ1) is 18.3. The average molecular weight is 346 g/mol. The minimum absolute atomic E-state index is 0.0687. The average Bonchev–Trinajstić information content (AvgIpc) is 2.45. The van der Waals surface area contributed by atoms with Gasteiger partial charge in [-0.3, -0.25) is 0 Å². The Morgan fingerprint density at radius 3 is 2.58 bits per heavy atom. The summed E-state index contributed by atoms with van der Waals surface area (Å²) in [5.41, 5.74) is -0.731. The number of carbonyl (C=O) groups is 1. The van der Waals surface area contributed by atoms with E-state index in [2.05, 4.69) is 15.3 Å². The second-order valence-corrected chi connectivity index (χ2v) is 6.75. The number of alkyl halides is 2. The first-order valence-corrected chi connectivity index (χ1v) is 7.64. The Morgan fingerprint density at radius 2 is 2.04 bits per heavy atom. The molecule has 1 amide bonds. The molecule has 0 spiro atoms. The van der Waals surface area contributed by atoms with Crippen LogP contribution in [0.3, 0.4) is 0 Å². The van der Waals surface area contributed by atoms with Crippen LogP contribution in [-0.4, -0.2) is 52.1 Å². The molecule has 24 heavy (non-hydrogen) atoms. The maximum atomic E-state index is 14.3. The van der Waals surface area contributed by atoms with Crippen molar-refractivity contribution in [2.24, 2.45) is 5.92 Å². The summed E-state index contributed by atoms with van der Waals surface area (Å²) in [4.78, 5) is 20.3. The summed E-state index contributed by atoms with van der Waals surface area (Å²) >= 11 is 0. The second-order valence-electron chi connectivity index (χ2n) is 6.75. The lowest BCUT2D eigenvalue weighted by atomic mass is 9.93. The molecule has 1 aliphatic heterocycles. The van der Waals surface area contributed by atoms with Gasteiger partial charge in [0.05, 0.1) is 18.9 Å². The van der Waals surface area contributed by atoms with E-state index >= 15 is 0 Å². The number of likely N-dealkylation sites (tertiary alicyclic amines) is 1. The lowest BCUT2D eigenvalue weighted by molar-refractivity contribution is -0.106. The fourth-order valence-corrected chi connectivity index (χ4v) is 2.34. The van der Waals surface area contributed by atoms with Crippen LogP contribution in [0.15, 0.2) is 12.4 Å². The summed E-state index contributed by atoms with van der Waals surface area (Å²) in [6.45, 7) is 4.47. The topological polar surface area (TPSA) is 67.3 Å². The molecule has 2 heterocycles. The van der Waals surface area contributed by atoms with Gasteiger partial charge < -0.3 is 15.0 Å². The number of aromatic nitrogens is 2. The Labute approximate surface area is 138 Å². The van der Waals surface area contributed by atoms with Gasteiger partial charge in [0.2, 0.25) is 5.95 Å². The summed E-state index contributed by atoms with van der Waals surface area (Å²) in [7, 11) is 0. The Morgan fingerprint density at radius 1 is 1.42 bits per heavy atom. The van der Waals surface area contributed by atoms with Crippen LogP contribution in [0.2, 0.25) is 0 Å². The van der Waals surface area contributed by atoms with Crippen LogP contribution in [0, 0.1) is 11.7 Å². The number of amides is 1. The van der Waals surface area contributed by atoms with E-state index in [1.165, 1.54) is 0 Å². The summed E-state index contributed by atoms with van der Waals surface area (Å²) in [5, 5.41) is 2.68. The minimum atomic E-state index is -3.07. The second kappa shape index (κ2) is 6.82. The molecule has 9 heteroatoms. The number of piperidine rings is 1. The zero-order valence-electron chi connectivity index (χ0n) is 13.9. The van der Waals surface area contributed by atoms with Gasteiger partial charge in [-0.2, -0.15) is 0 Å². The van der Waals surface area contributed by atoms with Crippen molar-refractivity contribution in [1.29, 1.82) is 0 Å². The predicted molar refractivity (Wildman–Crippen MR) is 81.3 cm³/mol. The van der Waals surface area contributed by atoms with Crippen LogP contribution >= 0.6 is 0 Å². The number of nitrogens with one attached hydrogen (secondary N) is 1. The van der Waals surface area contributed by atoms with Gasteiger partial charge in [0, 0.05) is 19.0 Å². The van der Waals surface area contributed by atoms with E-state index in [4.69, 9.17) is 4.74 Å². The third kappa shape index (κ3) is 4.97. The maximum absolute atomic E-state index is 14.3. The molecule has 1 atom stereocenters. The van der Waals surface area contributed by atoms with E-state index in [1.807, 2.05) is 0 Å². The highest BCUT2D eigenvalue weighted by Crippen LogP contribution is 2.33. The molecule has 1 N–H and O–H groups in total. The number of carbonyl (C=O) groups excluding carboxylic acids is 1. The molecule has 6 nitrogen and oxygen atoms in total. The molecule has 1 unspecified atom stereocenters. The number of ether oxygens (including phenoxy) is 1.